The van der Waals surface area contributed by atoms with E-state index >= 15 is 0 Å². The average Bonchev–Trinajstić information content (AvgIpc) is 2.03. The summed E-state index contributed by atoms with van der Waals surface area (Å²) in [5.41, 5.74) is 3.73. The van der Waals surface area contributed by atoms with Crippen molar-refractivity contribution >= 4 is 17.8 Å². The second-order valence-electron chi connectivity index (χ2n) is 3.16. The molecule has 0 radical (unpaired) electrons. The molecule has 3 N–H and O–H groups in total. The summed E-state index contributed by atoms with van der Waals surface area (Å²) < 4.78 is 4.43. The van der Waals surface area contributed by atoms with Crippen molar-refractivity contribution < 1.29 is 19.1 Å². The smallest absolute Gasteiger partial charge is 0.396 e. The second-order valence-corrected chi connectivity index (χ2v) is 3.16. The van der Waals surface area contributed by atoms with Gasteiger partial charge in [-0.15, -0.1) is 0 Å². The van der Waals surface area contributed by atoms with Gasteiger partial charge in [-0.05, 0) is 20.8 Å². The number of nitrogens with two attached hydrogens (primary N) is 1. The molecule has 0 unspecified atom stereocenters. The molecule has 0 rings (SSSR count). The molecule has 0 bridgehead atoms. The van der Waals surface area contributed by atoms with Crippen LogP contribution in [0.3, 0.4) is 0 Å². The van der Waals surface area contributed by atoms with Crippen molar-refractivity contribution in [2.24, 2.45) is 5.73 Å². The lowest BCUT2D eigenvalue weighted by Gasteiger charge is -2.21. The fourth-order valence-corrected chi connectivity index (χ4v) is 0.593. The van der Waals surface area contributed by atoms with Gasteiger partial charge in [-0.3, -0.25) is 9.59 Å². The Hall–Kier alpha value is -1.59. The Bertz CT molecular complexity index is 260. The molecule has 0 aromatic carbocycles. The van der Waals surface area contributed by atoms with Crippen molar-refractivity contribution in [1.29, 1.82) is 0 Å². The van der Waals surface area contributed by atoms with Crippen LogP contribution < -0.4 is 11.1 Å². The zero-order chi connectivity index (χ0) is 11.4. The number of carbonyl (C=O) groups is 3. The van der Waals surface area contributed by atoms with Gasteiger partial charge in [-0.25, -0.2) is 4.79 Å². The molecule has 0 aliphatic heterocycles. The maximum absolute atomic E-state index is 11.1. The monoisotopic (exact) mass is 202 g/mol. The minimum Gasteiger partial charge on any atom is -0.459 e. The summed E-state index contributed by atoms with van der Waals surface area (Å²) in [6.45, 7) is 4.46. The van der Waals surface area contributed by atoms with E-state index in [2.05, 4.69) is 10.1 Å². The minimum absolute atomic E-state index is 0.100. The van der Waals surface area contributed by atoms with Crippen LogP contribution in [0.25, 0.3) is 0 Å². The molecule has 0 heterocycles. The van der Waals surface area contributed by atoms with Crippen LogP contribution in [-0.2, 0) is 19.1 Å². The fourth-order valence-electron chi connectivity index (χ4n) is 0.593. The Morgan fingerprint density at radius 1 is 1.36 bits per heavy atom. The highest BCUT2D eigenvalue weighted by atomic mass is 16.5. The number of rotatable bonds is 3. The first kappa shape index (κ1) is 12.4. The third-order valence-electron chi connectivity index (χ3n) is 1.50. The summed E-state index contributed by atoms with van der Waals surface area (Å²) in [7, 11) is 0. The van der Waals surface area contributed by atoms with Crippen LogP contribution in [0.4, 0.5) is 0 Å². The Morgan fingerprint density at radius 2 is 1.86 bits per heavy atom. The van der Waals surface area contributed by atoms with E-state index in [9.17, 15) is 14.4 Å². The number of ether oxygens (including phenoxy) is 1. The van der Waals surface area contributed by atoms with E-state index in [0.717, 1.165) is 0 Å². The molecule has 0 saturated heterocycles. The van der Waals surface area contributed by atoms with E-state index in [-0.39, 0.29) is 6.61 Å². The molecule has 80 valence electrons. The summed E-state index contributed by atoms with van der Waals surface area (Å²) in [4.78, 5) is 32.7. The zero-order valence-electron chi connectivity index (χ0n) is 8.42. The van der Waals surface area contributed by atoms with Crippen molar-refractivity contribution in [3.63, 3.8) is 0 Å². The maximum atomic E-state index is 11.1. The number of amides is 2. The highest BCUT2D eigenvalue weighted by molar-refractivity contribution is 6.33. The van der Waals surface area contributed by atoms with Crippen LogP contribution in [0.5, 0.6) is 0 Å². The van der Waals surface area contributed by atoms with Crippen LogP contribution in [0.2, 0.25) is 0 Å². The Balaban J connectivity index is 4.32. The Kier molecular flexibility index (Phi) is 4.07. The summed E-state index contributed by atoms with van der Waals surface area (Å²) >= 11 is 0. The molecule has 0 aliphatic carbocycles. The Morgan fingerprint density at radius 3 is 2.21 bits per heavy atom. The highest BCUT2D eigenvalue weighted by Crippen LogP contribution is 1.99. The average molecular weight is 202 g/mol. The minimum atomic E-state index is -1.26. The molecule has 6 heteroatoms. The van der Waals surface area contributed by atoms with E-state index in [1.54, 1.807) is 6.92 Å². The molecule has 0 saturated carbocycles. The number of carbonyl (C=O) groups excluding carboxylic acids is 3. The van der Waals surface area contributed by atoms with Gasteiger partial charge >= 0.3 is 11.9 Å². The van der Waals surface area contributed by atoms with E-state index in [0.29, 0.717) is 0 Å². The van der Waals surface area contributed by atoms with Gasteiger partial charge in [0, 0.05) is 0 Å². The normalized spacial score (nSPS) is 10.5. The summed E-state index contributed by atoms with van der Waals surface area (Å²) in [6, 6.07) is 0. The molecule has 6 nitrogen and oxygen atoms in total. The van der Waals surface area contributed by atoms with Crippen molar-refractivity contribution in [2.75, 3.05) is 6.61 Å². The van der Waals surface area contributed by atoms with Gasteiger partial charge < -0.3 is 15.8 Å². The predicted molar refractivity (Wildman–Crippen MR) is 48.0 cm³/mol. The number of nitrogens with one attached hydrogen (secondary N) is 1. The van der Waals surface area contributed by atoms with Gasteiger partial charge in [0.15, 0.2) is 0 Å². The van der Waals surface area contributed by atoms with Crippen LogP contribution in [0, 0.1) is 0 Å². The molecule has 14 heavy (non-hydrogen) atoms. The number of esters is 1. The van der Waals surface area contributed by atoms with Crippen molar-refractivity contribution in [3.05, 3.63) is 0 Å². The SMILES string of the molecule is CCOC(=O)C(=O)NC(C)(C)C(N)=O. The third-order valence-corrected chi connectivity index (χ3v) is 1.50. The van der Waals surface area contributed by atoms with E-state index in [1.807, 2.05) is 0 Å². The van der Waals surface area contributed by atoms with E-state index in [1.165, 1.54) is 13.8 Å². The van der Waals surface area contributed by atoms with Crippen molar-refractivity contribution in [3.8, 4) is 0 Å². The summed E-state index contributed by atoms with van der Waals surface area (Å²) in [6.07, 6.45) is 0. The summed E-state index contributed by atoms with van der Waals surface area (Å²) in [5.74, 6) is -2.73. The summed E-state index contributed by atoms with van der Waals surface area (Å²) in [5, 5.41) is 2.15. The van der Waals surface area contributed by atoms with Crippen molar-refractivity contribution in [1.82, 2.24) is 5.32 Å². The van der Waals surface area contributed by atoms with E-state index < -0.39 is 23.3 Å². The molecule has 0 fully saturated rings. The van der Waals surface area contributed by atoms with Gasteiger partial charge in [0.2, 0.25) is 5.91 Å². The first-order valence-corrected chi connectivity index (χ1v) is 4.10. The lowest BCUT2D eigenvalue weighted by atomic mass is 10.1. The zero-order valence-corrected chi connectivity index (χ0v) is 8.42. The quantitative estimate of drug-likeness (QED) is 0.449. The largest absolute Gasteiger partial charge is 0.459 e. The molecular weight excluding hydrogens is 188 g/mol. The number of hydrogen-bond donors (Lipinski definition) is 2. The van der Waals surface area contributed by atoms with Gasteiger partial charge in [0.1, 0.15) is 5.54 Å². The van der Waals surface area contributed by atoms with Gasteiger partial charge in [0.25, 0.3) is 0 Å². The van der Waals surface area contributed by atoms with Crippen molar-refractivity contribution in [2.45, 2.75) is 26.3 Å². The van der Waals surface area contributed by atoms with Gasteiger partial charge in [-0.2, -0.15) is 0 Å². The van der Waals surface area contributed by atoms with Gasteiger partial charge in [-0.1, -0.05) is 0 Å². The molecular formula is C8H14N2O4. The van der Waals surface area contributed by atoms with Crippen LogP contribution in [0.15, 0.2) is 0 Å². The van der Waals surface area contributed by atoms with Gasteiger partial charge in [0.05, 0.1) is 6.61 Å². The van der Waals surface area contributed by atoms with E-state index in [4.69, 9.17) is 5.73 Å². The third kappa shape index (κ3) is 3.42. The molecule has 0 aliphatic rings. The lowest BCUT2D eigenvalue weighted by molar-refractivity contribution is -0.155. The topological polar surface area (TPSA) is 98.5 Å². The molecule has 0 atom stereocenters. The lowest BCUT2D eigenvalue weighted by Crippen LogP contribution is -2.54. The first-order valence-electron chi connectivity index (χ1n) is 4.10. The maximum Gasteiger partial charge on any atom is 0.396 e. The number of hydrogen-bond acceptors (Lipinski definition) is 4. The molecule has 2 amide bonds. The van der Waals surface area contributed by atoms with Crippen LogP contribution >= 0.6 is 0 Å². The predicted octanol–water partition coefficient (Wildman–Crippen LogP) is -1.07. The first-order chi connectivity index (χ1) is 6.31. The second kappa shape index (κ2) is 4.59. The highest BCUT2D eigenvalue weighted by Gasteiger charge is 2.30. The van der Waals surface area contributed by atoms with Crippen LogP contribution in [-0.4, -0.2) is 29.9 Å². The molecule has 0 aromatic rings. The molecule has 0 spiro atoms. The number of primary amides is 1. The van der Waals surface area contributed by atoms with Crippen LogP contribution in [0.1, 0.15) is 20.8 Å². The standard InChI is InChI=1S/C8H14N2O4/c1-4-14-6(12)5(11)10-8(2,3)7(9)13/h4H2,1-3H3,(H2,9,13)(H,10,11). The fraction of sp³-hybridized carbons (Fsp3) is 0.625. The Labute approximate surface area is 81.8 Å². The molecule has 0 aromatic heterocycles.